The molecule has 1 unspecified atom stereocenters. The van der Waals surface area contributed by atoms with E-state index >= 15 is 0 Å². The molecule has 2 aromatic rings. The maximum atomic E-state index is 14.8. The van der Waals surface area contributed by atoms with Crippen LogP contribution in [-0.4, -0.2) is 28.3 Å². The molecule has 1 atom stereocenters. The van der Waals surface area contributed by atoms with Crippen LogP contribution in [0.1, 0.15) is 32.8 Å². The molecule has 1 aromatic carbocycles. The Morgan fingerprint density at radius 1 is 1.52 bits per heavy atom. The highest BCUT2D eigenvalue weighted by Crippen LogP contribution is 2.45. The predicted molar refractivity (Wildman–Crippen MR) is 108 cm³/mol. The molecule has 29 heavy (non-hydrogen) atoms. The summed E-state index contributed by atoms with van der Waals surface area (Å²) in [5, 5.41) is 11.1. The summed E-state index contributed by atoms with van der Waals surface area (Å²) in [6.45, 7) is 6.33. The zero-order valence-corrected chi connectivity index (χ0v) is 17.1. The van der Waals surface area contributed by atoms with E-state index in [4.69, 9.17) is 31.9 Å². The zero-order chi connectivity index (χ0) is 21.3. The second-order valence-corrected chi connectivity index (χ2v) is 8.24. The Balaban J connectivity index is 1.93. The Morgan fingerprint density at radius 2 is 2.24 bits per heavy atom. The zero-order valence-electron chi connectivity index (χ0n) is 16.4. The number of nitrogens with zero attached hydrogens (tertiary/aromatic N) is 1. The molecule has 0 saturated carbocycles. The van der Waals surface area contributed by atoms with Gasteiger partial charge in [0.2, 0.25) is 0 Å². The number of pyridine rings is 1. The number of halogens is 2. The van der Waals surface area contributed by atoms with E-state index in [0.717, 1.165) is 6.42 Å². The van der Waals surface area contributed by atoms with Crippen LogP contribution in [0.15, 0.2) is 18.3 Å². The number of ether oxygens (including phenoxy) is 2. The van der Waals surface area contributed by atoms with Crippen molar-refractivity contribution in [3.8, 4) is 22.6 Å². The van der Waals surface area contributed by atoms with Gasteiger partial charge in [0.05, 0.1) is 11.2 Å². The lowest BCUT2D eigenvalue weighted by molar-refractivity contribution is 0.199. The number of carbonyl (C=O) groups is 1. The van der Waals surface area contributed by atoms with Crippen LogP contribution in [-0.2, 0) is 6.61 Å². The quantitative estimate of drug-likeness (QED) is 0.623. The van der Waals surface area contributed by atoms with Gasteiger partial charge >= 0.3 is 6.09 Å². The number of rotatable bonds is 6. The Kier molecular flexibility index (Phi) is 5.86. The second kappa shape index (κ2) is 8.04. The standard InChI is InChI=1S/C20H23ClFN3O4/c1-10(2)6-20(3,23)9-29-14-4-11-8-28-15-7-24-18(25-19(26)27)17(21)16(15)12(11)5-13(14)22/h4-5,7,10H,6,8-9,23H2,1-3H3,(H,24,25)(H,26,27). The minimum atomic E-state index is -1.31. The maximum absolute atomic E-state index is 14.8. The summed E-state index contributed by atoms with van der Waals surface area (Å²) in [5.74, 6) is 0.180. The summed E-state index contributed by atoms with van der Waals surface area (Å²) in [5.41, 5.74) is 7.18. The van der Waals surface area contributed by atoms with E-state index in [1.54, 1.807) is 6.07 Å². The highest BCUT2D eigenvalue weighted by Gasteiger charge is 2.27. The van der Waals surface area contributed by atoms with Crippen LogP contribution in [0.3, 0.4) is 0 Å². The predicted octanol–water partition coefficient (Wildman–Crippen LogP) is 4.67. The number of carboxylic acid groups (broad SMARTS) is 1. The fraction of sp³-hybridized carbons (Fsp3) is 0.400. The van der Waals surface area contributed by atoms with Gasteiger partial charge in [-0.1, -0.05) is 25.4 Å². The molecule has 1 aromatic heterocycles. The van der Waals surface area contributed by atoms with Crippen molar-refractivity contribution in [3.05, 3.63) is 34.7 Å². The Morgan fingerprint density at radius 3 is 2.90 bits per heavy atom. The molecule has 0 bridgehead atoms. The number of anilines is 1. The molecule has 0 spiro atoms. The van der Waals surface area contributed by atoms with E-state index in [1.165, 1.54) is 12.3 Å². The molecule has 7 nitrogen and oxygen atoms in total. The number of aromatic nitrogens is 1. The summed E-state index contributed by atoms with van der Waals surface area (Å²) in [6.07, 6.45) is 0.777. The highest BCUT2D eigenvalue weighted by molar-refractivity contribution is 6.36. The normalized spacial score (nSPS) is 14.4. The monoisotopic (exact) mass is 423 g/mol. The summed E-state index contributed by atoms with van der Waals surface area (Å²) < 4.78 is 26.1. The Hall–Kier alpha value is -2.58. The van der Waals surface area contributed by atoms with E-state index in [2.05, 4.69) is 24.1 Å². The molecular formula is C20H23ClFN3O4. The molecule has 1 amide bonds. The highest BCUT2D eigenvalue weighted by atomic mass is 35.5. The average molecular weight is 424 g/mol. The molecule has 2 heterocycles. The summed E-state index contributed by atoms with van der Waals surface area (Å²) in [7, 11) is 0. The molecular weight excluding hydrogens is 401 g/mol. The average Bonchev–Trinajstić information content (AvgIpc) is 2.60. The topological polar surface area (TPSA) is 107 Å². The van der Waals surface area contributed by atoms with E-state index < -0.39 is 17.4 Å². The van der Waals surface area contributed by atoms with Crippen LogP contribution in [0.5, 0.6) is 11.5 Å². The third-order valence-corrected chi connectivity index (χ3v) is 4.82. The van der Waals surface area contributed by atoms with Crippen LogP contribution < -0.4 is 20.5 Å². The van der Waals surface area contributed by atoms with Crippen molar-refractivity contribution in [2.24, 2.45) is 11.7 Å². The fourth-order valence-corrected chi connectivity index (χ4v) is 3.76. The minimum absolute atomic E-state index is 0.0328. The maximum Gasteiger partial charge on any atom is 0.410 e. The molecule has 3 rings (SSSR count). The van der Waals surface area contributed by atoms with E-state index in [0.29, 0.717) is 28.4 Å². The summed E-state index contributed by atoms with van der Waals surface area (Å²) in [4.78, 5) is 14.9. The third-order valence-electron chi connectivity index (χ3n) is 4.45. The first kappa shape index (κ1) is 21.1. The number of fused-ring (bicyclic) bond motifs is 3. The smallest absolute Gasteiger partial charge is 0.410 e. The molecule has 156 valence electrons. The molecule has 1 aliphatic heterocycles. The van der Waals surface area contributed by atoms with E-state index in [1.807, 2.05) is 6.92 Å². The van der Waals surface area contributed by atoms with Crippen molar-refractivity contribution < 1.29 is 23.8 Å². The molecule has 1 aliphatic rings. The third kappa shape index (κ3) is 4.71. The van der Waals surface area contributed by atoms with Gasteiger partial charge in [0, 0.05) is 16.7 Å². The Bertz CT molecular complexity index is 950. The van der Waals surface area contributed by atoms with Gasteiger partial charge < -0.3 is 20.3 Å². The van der Waals surface area contributed by atoms with Gasteiger partial charge in [0.1, 0.15) is 19.0 Å². The van der Waals surface area contributed by atoms with Crippen molar-refractivity contribution in [1.29, 1.82) is 0 Å². The van der Waals surface area contributed by atoms with Crippen molar-refractivity contribution in [2.45, 2.75) is 39.3 Å². The van der Waals surface area contributed by atoms with Crippen LogP contribution in [0.2, 0.25) is 5.02 Å². The first-order chi connectivity index (χ1) is 13.6. The van der Waals surface area contributed by atoms with Crippen LogP contribution >= 0.6 is 11.6 Å². The van der Waals surface area contributed by atoms with Gasteiger partial charge in [-0.05, 0) is 37.0 Å². The SMILES string of the molecule is CC(C)CC(C)(N)COc1cc2c(cc1F)-c1c(cnc(NC(=O)O)c1Cl)OC2. The van der Waals surface area contributed by atoms with Crippen LogP contribution in [0.4, 0.5) is 15.0 Å². The van der Waals surface area contributed by atoms with Crippen molar-refractivity contribution >= 4 is 23.5 Å². The minimum Gasteiger partial charge on any atom is -0.489 e. The first-order valence-corrected chi connectivity index (χ1v) is 9.51. The van der Waals surface area contributed by atoms with E-state index in [-0.39, 0.29) is 29.8 Å². The van der Waals surface area contributed by atoms with Crippen LogP contribution in [0.25, 0.3) is 11.1 Å². The van der Waals surface area contributed by atoms with Gasteiger partial charge in [-0.2, -0.15) is 0 Å². The summed E-state index contributed by atoms with van der Waals surface area (Å²) >= 11 is 6.32. The van der Waals surface area contributed by atoms with Gasteiger partial charge in [-0.25, -0.2) is 14.2 Å². The van der Waals surface area contributed by atoms with Gasteiger partial charge in [-0.15, -0.1) is 0 Å². The van der Waals surface area contributed by atoms with Crippen LogP contribution in [0, 0.1) is 11.7 Å². The second-order valence-electron chi connectivity index (χ2n) is 7.86. The lowest BCUT2D eigenvalue weighted by Gasteiger charge is -2.27. The number of nitrogens with two attached hydrogens (primary N) is 1. The van der Waals surface area contributed by atoms with E-state index in [9.17, 15) is 9.18 Å². The Labute approximate surface area is 173 Å². The molecule has 0 fully saturated rings. The van der Waals surface area contributed by atoms with Gasteiger partial charge in [-0.3, -0.25) is 5.32 Å². The lowest BCUT2D eigenvalue weighted by atomic mass is 9.93. The van der Waals surface area contributed by atoms with Crippen molar-refractivity contribution in [2.75, 3.05) is 11.9 Å². The number of amides is 1. The van der Waals surface area contributed by atoms with Crippen molar-refractivity contribution in [3.63, 3.8) is 0 Å². The molecule has 0 saturated heterocycles. The first-order valence-electron chi connectivity index (χ1n) is 9.13. The molecule has 4 N–H and O–H groups in total. The fourth-order valence-electron chi connectivity index (χ4n) is 3.47. The molecule has 0 aliphatic carbocycles. The van der Waals surface area contributed by atoms with Gasteiger partial charge in [0.25, 0.3) is 0 Å². The molecule has 0 radical (unpaired) electrons. The number of hydrogen-bond donors (Lipinski definition) is 3. The number of nitrogens with one attached hydrogen (secondary N) is 1. The number of hydrogen-bond acceptors (Lipinski definition) is 5. The van der Waals surface area contributed by atoms with Gasteiger partial charge in [0.15, 0.2) is 17.4 Å². The lowest BCUT2D eigenvalue weighted by Crippen LogP contribution is -2.43. The van der Waals surface area contributed by atoms with Crippen molar-refractivity contribution in [1.82, 2.24) is 4.98 Å². The number of benzene rings is 1. The largest absolute Gasteiger partial charge is 0.489 e. The summed E-state index contributed by atoms with van der Waals surface area (Å²) in [6, 6.07) is 2.86. The molecule has 9 heteroatoms.